The zero-order chi connectivity index (χ0) is 15.4. The monoisotopic (exact) mass is 317 g/mol. The molecule has 0 unspecified atom stereocenters. The smallest absolute Gasteiger partial charge is 0.239 e. The molecule has 0 aliphatic carbocycles. The average molecular weight is 317 g/mol. The highest BCUT2D eigenvalue weighted by molar-refractivity contribution is 7.15. The lowest BCUT2D eigenvalue weighted by atomic mass is 10.2. The number of morpholine rings is 1. The van der Waals surface area contributed by atoms with E-state index >= 15 is 0 Å². The second-order valence-electron chi connectivity index (χ2n) is 5.19. The van der Waals surface area contributed by atoms with E-state index in [1.807, 2.05) is 37.3 Å². The Morgan fingerprint density at radius 3 is 3.00 bits per heavy atom. The van der Waals surface area contributed by atoms with Crippen molar-refractivity contribution in [3.05, 3.63) is 40.9 Å². The maximum atomic E-state index is 12.1. The Hall–Kier alpha value is -1.76. The number of benzene rings is 1. The third-order valence-corrected chi connectivity index (χ3v) is 4.78. The Kier molecular flexibility index (Phi) is 4.82. The van der Waals surface area contributed by atoms with Crippen LogP contribution in [0.3, 0.4) is 0 Å². The first-order valence-corrected chi connectivity index (χ1v) is 8.16. The normalized spacial score (nSPS) is 18.1. The predicted molar refractivity (Wildman–Crippen MR) is 86.7 cm³/mol. The van der Waals surface area contributed by atoms with E-state index in [0.717, 1.165) is 27.7 Å². The summed E-state index contributed by atoms with van der Waals surface area (Å²) in [5.74, 6) is -0.0197. The number of rotatable bonds is 4. The number of nitrogens with zero attached hydrogens (tertiary/aromatic N) is 1. The minimum Gasteiger partial charge on any atom is -0.378 e. The SMILES string of the molecule is Cc1nc(-c2ccccc2)sc1CNC(=O)[C@@H]1COCCN1. The second kappa shape index (κ2) is 7.00. The van der Waals surface area contributed by atoms with E-state index in [-0.39, 0.29) is 11.9 Å². The minimum atomic E-state index is -0.254. The summed E-state index contributed by atoms with van der Waals surface area (Å²) in [6, 6.07) is 9.83. The van der Waals surface area contributed by atoms with Crippen molar-refractivity contribution in [3.8, 4) is 10.6 Å². The molecule has 2 heterocycles. The molecule has 1 fully saturated rings. The first-order chi connectivity index (χ1) is 10.7. The van der Waals surface area contributed by atoms with Crippen LogP contribution in [0.2, 0.25) is 0 Å². The number of thiazole rings is 1. The fraction of sp³-hybridized carbons (Fsp3) is 0.375. The van der Waals surface area contributed by atoms with Gasteiger partial charge in [-0.25, -0.2) is 4.98 Å². The Morgan fingerprint density at radius 1 is 1.45 bits per heavy atom. The van der Waals surface area contributed by atoms with Crippen molar-refractivity contribution in [1.29, 1.82) is 0 Å². The number of carbonyl (C=O) groups excluding carboxylic acids is 1. The van der Waals surface area contributed by atoms with Crippen molar-refractivity contribution in [2.75, 3.05) is 19.8 Å². The van der Waals surface area contributed by atoms with E-state index in [0.29, 0.717) is 19.8 Å². The molecule has 1 aromatic heterocycles. The summed E-state index contributed by atoms with van der Waals surface area (Å²) < 4.78 is 5.31. The van der Waals surface area contributed by atoms with Crippen LogP contribution >= 0.6 is 11.3 Å². The summed E-state index contributed by atoms with van der Waals surface area (Å²) in [6.45, 7) is 4.30. The summed E-state index contributed by atoms with van der Waals surface area (Å²) in [5.41, 5.74) is 2.08. The Morgan fingerprint density at radius 2 is 2.27 bits per heavy atom. The first-order valence-electron chi connectivity index (χ1n) is 7.34. The number of hydrogen-bond acceptors (Lipinski definition) is 5. The number of aromatic nitrogens is 1. The van der Waals surface area contributed by atoms with Crippen LogP contribution in [-0.2, 0) is 16.1 Å². The standard InChI is InChI=1S/C16H19N3O2S/c1-11-14(9-18-15(20)13-10-21-8-7-17-13)22-16(19-11)12-5-3-2-4-6-12/h2-6,13,17H,7-10H2,1H3,(H,18,20)/t13-/m0/s1. The van der Waals surface area contributed by atoms with E-state index in [1.165, 1.54) is 0 Å². The Labute approximate surface area is 133 Å². The lowest BCUT2D eigenvalue weighted by molar-refractivity contribution is -0.126. The molecule has 1 aromatic carbocycles. The van der Waals surface area contributed by atoms with E-state index in [4.69, 9.17) is 4.74 Å². The minimum absolute atomic E-state index is 0.0197. The average Bonchev–Trinajstić information content (AvgIpc) is 2.95. The van der Waals surface area contributed by atoms with Crippen LogP contribution in [0.15, 0.2) is 30.3 Å². The van der Waals surface area contributed by atoms with E-state index < -0.39 is 0 Å². The highest BCUT2D eigenvalue weighted by Gasteiger charge is 2.21. The van der Waals surface area contributed by atoms with Gasteiger partial charge < -0.3 is 15.4 Å². The Balaban J connectivity index is 1.63. The molecule has 1 atom stereocenters. The van der Waals surface area contributed by atoms with Gasteiger partial charge in [0.05, 0.1) is 25.5 Å². The summed E-state index contributed by atoms with van der Waals surface area (Å²) in [4.78, 5) is 17.8. The van der Waals surface area contributed by atoms with Gasteiger partial charge in [0, 0.05) is 17.0 Å². The van der Waals surface area contributed by atoms with Crippen molar-refractivity contribution >= 4 is 17.2 Å². The number of amides is 1. The van der Waals surface area contributed by atoms with Crippen LogP contribution in [0.1, 0.15) is 10.6 Å². The number of aryl methyl sites for hydroxylation is 1. The maximum Gasteiger partial charge on any atom is 0.239 e. The van der Waals surface area contributed by atoms with Crippen LogP contribution in [0.4, 0.5) is 0 Å². The molecule has 1 saturated heterocycles. The van der Waals surface area contributed by atoms with Crippen molar-refractivity contribution in [1.82, 2.24) is 15.6 Å². The summed E-state index contributed by atoms with van der Waals surface area (Å²) in [6.07, 6.45) is 0. The molecule has 1 aliphatic rings. The fourth-order valence-corrected chi connectivity index (χ4v) is 3.33. The molecule has 22 heavy (non-hydrogen) atoms. The lowest BCUT2D eigenvalue weighted by Crippen LogP contribution is -2.51. The van der Waals surface area contributed by atoms with E-state index in [9.17, 15) is 4.79 Å². The first kappa shape index (κ1) is 15.1. The lowest BCUT2D eigenvalue weighted by Gasteiger charge is -2.22. The quantitative estimate of drug-likeness (QED) is 0.901. The van der Waals surface area contributed by atoms with Crippen molar-refractivity contribution in [2.24, 2.45) is 0 Å². The molecular weight excluding hydrogens is 298 g/mol. The van der Waals surface area contributed by atoms with Crippen LogP contribution in [0.25, 0.3) is 10.6 Å². The zero-order valence-corrected chi connectivity index (χ0v) is 13.3. The van der Waals surface area contributed by atoms with Crippen molar-refractivity contribution in [2.45, 2.75) is 19.5 Å². The number of ether oxygens (including phenoxy) is 1. The van der Waals surface area contributed by atoms with Crippen molar-refractivity contribution < 1.29 is 9.53 Å². The third kappa shape index (κ3) is 3.52. The summed E-state index contributed by atoms with van der Waals surface area (Å²) in [5, 5.41) is 7.10. The molecule has 0 saturated carbocycles. The van der Waals surface area contributed by atoms with E-state index in [2.05, 4.69) is 15.6 Å². The van der Waals surface area contributed by atoms with Gasteiger partial charge in [-0.3, -0.25) is 4.79 Å². The number of hydrogen-bond donors (Lipinski definition) is 2. The number of carbonyl (C=O) groups is 1. The molecule has 2 N–H and O–H groups in total. The van der Waals surface area contributed by atoms with Gasteiger partial charge in [0.25, 0.3) is 0 Å². The predicted octanol–water partition coefficient (Wildman–Crippen LogP) is 1.72. The molecule has 1 amide bonds. The van der Waals surface area contributed by atoms with Gasteiger partial charge in [-0.2, -0.15) is 0 Å². The van der Waals surface area contributed by atoms with Gasteiger partial charge in [0.2, 0.25) is 5.91 Å². The van der Waals surface area contributed by atoms with Crippen molar-refractivity contribution in [3.63, 3.8) is 0 Å². The van der Waals surface area contributed by atoms with Gasteiger partial charge in [-0.1, -0.05) is 30.3 Å². The molecular formula is C16H19N3O2S. The molecule has 0 bridgehead atoms. The molecule has 1 aliphatic heterocycles. The van der Waals surface area contributed by atoms with Crippen LogP contribution in [0.5, 0.6) is 0 Å². The van der Waals surface area contributed by atoms with Gasteiger partial charge in [0.15, 0.2) is 0 Å². The molecule has 2 aromatic rings. The summed E-state index contributed by atoms with van der Waals surface area (Å²) in [7, 11) is 0. The third-order valence-electron chi connectivity index (χ3n) is 3.57. The molecule has 3 rings (SSSR count). The van der Waals surface area contributed by atoms with Crippen LogP contribution in [0, 0.1) is 6.92 Å². The molecule has 116 valence electrons. The fourth-order valence-electron chi connectivity index (χ4n) is 2.32. The summed E-state index contributed by atoms with van der Waals surface area (Å²) >= 11 is 1.62. The Bertz CT molecular complexity index is 636. The van der Waals surface area contributed by atoms with E-state index in [1.54, 1.807) is 11.3 Å². The topological polar surface area (TPSA) is 63.2 Å². The molecule has 5 nitrogen and oxygen atoms in total. The van der Waals surface area contributed by atoms with Gasteiger partial charge in [-0.05, 0) is 6.92 Å². The van der Waals surface area contributed by atoms with Gasteiger partial charge in [0.1, 0.15) is 11.0 Å². The molecule has 0 spiro atoms. The number of nitrogens with one attached hydrogen (secondary N) is 2. The zero-order valence-electron chi connectivity index (χ0n) is 12.5. The largest absolute Gasteiger partial charge is 0.378 e. The molecule has 0 radical (unpaired) electrons. The highest BCUT2D eigenvalue weighted by atomic mass is 32.1. The van der Waals surface area contributed by atoms with Gasteiger partial charge in [-0.15, -0.1) is 11.3 Å². The van der Waals surface area contributed by atoms with Crippen LogP contribution < -0.4 is 10.6 Å². The van der Waals surface area contributed by atoms with Crippen LogP contribution in [-0.4, -0.2) is 36.7 Å². The maximum absolute atomic E-state index is 12.1. The van der Waals surface area contributed by atoms with Gasteiger partial charge >= 0.3 is 0 Å². The molecule has 6 heteroatoms. The second-order valence-corrected chi connectivity index (χ2v) is 6.28. The highest BCUT2D eigenvalue weighted by Crippen LogP contribution is 2.27.